The van der Waals surface area contributed by atoms with Gasteiger partial charge in [-0.2, -0.15) is 0 Å². The smallest absolute Gasteiger partial charge is 0.119 e. The minimum Gasteiger partial charge on any atom is -0.497 e. The van der Waals surface area contributed by atoms with Gasteiger partial charge in [0.1, 0.15) is 5.75 Å². The first-order valence-electron chi connectivity index (χ1n) is 5.41. The van der Waals surface area contributed by atoms with Crippen molar-refractivity contribution in [3.05, 3.63) is 49.0 Å². The van der Waals surface area contributed by atoms with Crippen molar-refractivity contribution in [1.29, 1.82) is 0 Å². The number of hydrogen-bond donors (Lipinski definition) is 1. The molecule has 0 aliphatic rings. The van der Waals surface area contributed by atoms with Crippen molar-refractivity contribution in [3.8, 4) is 5.75 Å². The first kappa shape index (κ1) is 14.1. The van der Waals surface area contributed by atoms with Crippen LogP contribution in [0.15, 0.2) is 38.6 Å². The largest absolute Gasteiger partial charge is 0.497 e. The maximum atomic E-state index is 5.30. The summed E-state index contributed by atoms with van der Waals surface area (Å²) < 4.78 is 7.49. The van der Waals surface area contributed by atoms with Crippen LogP contribution in [0.4, 0.5) is 0 Å². The van der Waals surface area contributed by atoms with Crippen LogP contribution >= 0.6 is 43.2 Å². The average Bonchev–Trinajstić information content (AvgIpc) is 2.79. The van der Waals surface area contributed by atoms with Crippen LogP contribution in [0.5, 0.6) is 5.75 Å². The monoisotopic (exact) mass is 389 g/mol. The first-order chi connectivity index (χ1) is 8.67. The summed E-state index contributed by atoms with van der Waals surface area (Å²) in [5, 5.41) is 5.43. The van der Waals surface area contributed by atoms with Gasteiger partial charge in [0.2, 0.25) is 0 Å². The van der Waals surface area contributed by atoms with E-state index >= 15 is 0 Å². The van der Waals surface area contributed by atoms with Gasteiger partial charge in [0, 0.05) is 13.8 Å². The van der Waals surface area contributed by atoms with Crippen molar-refractivity contribution < 1.29 is 4.74 Å². The normalized spacial score (nSPS) is 12.4. The van der Waals surface area contributed by atoms with Crippen LogP contribution in [0.1, 0.15) is 16.5 Å². The van der Waals surface area contributed by atoms with Crippen LogP contribution in [0.25, 0.3) is 0 Å². The summed E-state index contributed by atoms with van der Waals surface area (Å²) in [4.78, 5) is 1.26. The molecular weight excluding hydrogens is 378 g/mol. The molecule has 18 heavy (non-hydrogen) atoms. The number of methoxy groups -OCH3 is 1. The minimum atomic E-state index is 0.142. The van der Waals surface area contributed by atoms with Gasteiger partial charge in [0.25, 0.3) is 0 Å². The predicted octanol–water partition coefficient (Wildman–Crippen LogP) is 4.59. The van der Waals surface area contributed by atoms with E-state index in [-0.39, 0.29) is 6.04 Å². The van der Waals surface area contributed by atoms with Crippen molar-refractivity contribution in [3.63, 3.8) is 0 Å². The molecule has 1 heterocycles. The van der Waals surface area contributed by atoms with Gasteiger partial charge in [0.15, 0.2) is 0 Å². The number of ether oxygens (including phenoxy) is 1. The van der Waals surface area contributed by atoms with Gasteiger partial charge in [-0.05, 0) is 58.2 Å². The second-order valence-corrected chi connectivity index (χ2v) is 6.40. The molecule has 5 heteroatoms. The van der Waals surface area contributed by atoms with E-state index in [2.05, 4.69) is 54.7 Å². The van der Waals surface area contributed by atoms with Crippen LogP contribution in [0.2, 0.25) is 0 Å². The molecule has 1 N–H and O–H groups in total. The molecule has 1 atom stereocenters. The maximum absolute atomic E-state index is 5.30. The van der Waals surface area contributed by atoms with Gasteiger partial charge < -0.3 is 10.1 Å². The lowest BCUT2D eigenvalue weighted by molar-refractivity contribution is 0.413. The Labute approximate surface area is 128 Å². The third kappa shape index (κ3) is 2.79. The summed E-state index contributed by atoms with van der Waals surface area (Å²) in [5.41, 5.74) is 1.17. The van der Waals surface area contributed by atoms with Gasteiger partial charge in [0.05, 0.1) is 13.2 Å². The van der Waals surface area contributed by atoms with E-state index in [1.807, 2.05) is 19.2 Å². The Balaban J connectivity index is 2.48. The highest BCUT2D eigenvalue weighted by Gasteiger charge is 2.19. The standard InChI is InChI=1S/C13H13Br2NOS/c1-16-12(13-11(15)5-6-18-13)9-7-8(17-2)3-4-10(9)14/h3-7,12,16H,1-2H3. The highest BCUT2D eigenvalue weighted by atomic mass is 79.9. The summed E-state index contributed by atoms with van der Waals surface area (Å²) in [6.45, 7) is 0. The van der Waals surface area contributed by atoms with E-state index in [1.165, 1.54) is 10.4 Å². The van der Waals surface area contributed by atoms with Crippen molar-refractivity contribution >= 4 is 43.2 Å². The Kier molecular flexibility index (Phi) is 4.84. The molecule has 1 aromatic heterocycles. The Morgan fingerprint density at radius 3 is 2.56 bits per heavy atom. The molecule has 2 aromatic rings. The lowest BCUT2D eigenvalue weighted by atomic mass is 10.1. The zero-order chi connectivity index (χ0) is 13.1. The van der Waals surface area contributed by atoms with Gasteiger partial charge in [-0.3, -0.25) is 0 Å². The molecule has 0 radical (unpaired) electrons. The molecule has 1 unspecified atom stereocenters. The molecule has 96 valence electrons. The van der Waals surface area contributed by atoms with Gasteiger partial charge in [-0.1, -0.05) is 15.9 Å². The third-order valence-electron chi connectivity index (χ3n) is 2.71. The molecule has 0 aliphatic carbocycles. The van der Waals surface area contributed by atoms with Gasteiger partial charge >= 0.3 is 0 Å². The SMILES string of the molecule is CNC(c1cc(OC)ccc1Br)c1sccc1Br. The topological polar surface area (TPSA) is 21.3 Å². The third-order valence-corrected chi connectivity index (χ3v) is 5.37. The number of benzene rings is 1. The molecule has 0 fully saturated rings. The van der Waals surface area contributed by atoms with E-state index in [4.69, 9.17) is 4.74 Å². The molecule has 2 nitrogen and oxygen atoms in total. The zero-order valence-electron chi connectivity index (χ0n) is 10.0. The molecule has 0 bridgehead atoms. The van der Waals surface area contributed by atoms with Gasteiger partial charge in [-0.25, -0.2) is 0 Å². The highest BCUT2D eigenvalue weighted by molar-refractivity contribution is 9.10. The molecule has 0 spiro atoms. The summed E-state index contributed by atoms with van der Waals surface area (Å²) in [5.74, 6) is 0.862. The van der Waals surface area contributed by atoms with Crippen LogP contribution in [0, 0.1) is 0 Å². The molecule has 2 rings (SSSR count). The fourth-order valence-corrected chi connectivity index (χ4v) is 4.01. The fourth-order valence-electron chi connectivity index (χ4n) is 1.81. The van der Waals surface area contributed by atoms with Crippen LogP contribution in [0.3, 0.4) is 0 Å². The van der Waals surface area contributed by atoms with E-state index in [0.29, 0.717) is 0 Å². The molecule has 0 aliphatic heterocycles. The fraction of sp³-hybridized carbons (Fsp3) is 0.231. The van der Waals surface area contributed by atoms with Crippen molar-refractivity contribution in [2.75, 3.05) is 14.2 Å². The van der Waals surface area contributed by atoms with Crippen molar-refractivity contribution in [2.45, 2.75) is 6.04 Å². The van der Waals surface area contributed by atoms with Crippen molar-refractivity contribution in [1.82, 2.24) is 5.32 Å². The summed E-state index contributed by atoms with van der Waals surface area (Å²) >= 11 is 8.92. The second-order valence-electron chi connectivity index (χ2n) is 3.74. The maximum Gasteiger partial charge on any atom is 0.119 e. The van der Waals surface area contributed by atoms with E-state index in [9.17, 15) is 0 Å². The number of hydrogen-bond acceptors (Lipinski definition) is 3. The average molecular weight is 391 g/mol. The molecule has 0 saturated heterocycles. The Morgan fingerprint density at radius 1 is 1.22 bits per heavy atom. The van der Waals surface area contributed by atoms with E-state index in [0.717, 1.165) is 14.7 Å². The van der Waals surface area contributed by atoms with Gasteiger partial charge in [-0.15, -0.1) is 11.3 Å². The number of nitrogens with one attached hydrogen (secondary N) is 1. The minimum absolute atomic E-state index is 0.142. The molecule has 0 saturated carbocycles. The second kappa shape index (κ2) is 6.19. The number of halogens is 2. The quantitative estimate of drug-likeness (QED) is 0.824. The zero-order valence-corrected chi connectivity index (χ0v) is 14.0. The summed E-state index contributed by atoms with van der Waals surface area (Å²) in [6, 6.07) is 8.23. The Hall–Kier alpha value is -0.360. The van der Waals surface area contributed by atoms with Crippen LogP contribution in [-0.2, 0) is 0 Å². The van der Waals surface area contributed by atoms with Crippen LogP contribution in [-0.4, -0.2) is 14.2 Å². The van der Waals surface area contributed by atoms with E-state index < -0.39 is 0 Å². The molecule has 1 aromatic carbocycles. The number of rotatable bonds is 4. The summed E-state index contributed by atoms with van der Waals surface area (Å²) in [7, 11) is 3.64. The lowest BCUT2D eigenvalue weighted by Crippen LogP contribution is -2.17. The highest BCUT2D eigenvalue weighted by Crippen LogP contribution is 2.37. The Bertz CT molecular complexity index is 542. The predicted molar refractivity (Wildman–Crippen MR) is 83.6 cm³/mol. The van der Waals surface area contributed by atoms with Crippen molar-refractivity contribution in [2.24, 2.45) is 0 Å². The van der Waals surface area contributed by atoms with Crippen LogP contribution < -0.4 is 10.1 Å². The summed E-state index contributed by atoms with van der Waals surface area (Å²) in [6.07, 6.45) is 0. The molecule has 0 amide bonds. The number of thiophene rings is 1. The lowest BCUT2D eigenvalue weighted by Gasteiger charge is -2.18. The van der Waals surface area contributed by atoms with E-state index in [1.54, 1.807) is 18.4 Å². The Morgan fingerprint density at radius 2 is 2.00 bits per heavy atom. The first-order valence-corrected chi connectivity index (χ1v) is 7.87. The molecular formula is C13H13Br2NOS.